The molecular weight excluding hydrogens is 316 g/mol. The number of hydrogen-bond acceptors (Lipinski definition) is 3. The predicted octanol–water partition coefficient (Wildman–Crippen LogP) is 1.48. The SMILES string of the molecule is O=C(NCCCn1cccn1)C1CC(=O)N(CCc2ccccc2)C1. The summed E-state index contributed by atoms with van der Waals surface area (Å²) in [4.78, 5) is 26.2. The highest BCUT2D eigenvalue weighted by molar-refractivity contribution is 5.89. The van der Waals surface area contributed by atoms with Gasteiger partial charge < -0.3 is 10.2 Å². The van der Waals surface area contributed by atoms with E-state index in [1.54, 1.807) is 11.1 Å². The van der Waals surface area contributed by atoms with Gasteiger partial charge in [-0.15, -0.1) is 0 Å². The molecule has 25 heavy (non-hydrogen) atoms. The third kappa shape index (κ3) is 4.92. The molecule has 6 nitrogen and oxygen atoms in total. The molecule has 0 aliphatic carbocycles. The Hall–Kier alpha value is -2.63. The summed E-state index contributed by atoms with van der Waals surface area (Å²) in [5, 5.41) is 7.07. The summed E-state index contributed by atoms with van der Waals surface area (Å²) in [7, 11) is 0. The lowest BCUT2D eigenvalue weighted by molar-refractivity contribution is -0.129. The van der Waals surface area contributed by atoms with E-state index in [1.165, 1.54) is 5.56 Å². The van der Waals surface area contributed by atoms with Crippen LogP contribution in [0.5, 0.6) is 0 Å². The molecule has 1 atom stereocenters. The molecule has 1 aromatic carbocycles. The Balaban J connectivity index is 1.38. The van der Waals surface area contributed by atoms with Gasteiger partial charge in [-0.3, -0.25) is 14.3 Å². The van der Waals surface area contributed by atoms with E-state index in [0.717, 1.165) is 19.4 Å². The Morgan fingerprint density at radius 1 is 1.20 bits per heavy atom. The van der Waals surface area contributed by atoms with Gasteiger partial charge in [0.1, 0.15) is 0 Å². The highest BCUT2D eigenvalue weighted by Gasteiger charge is 2.33. The number of nitrogens with one attached hydrogen (secondary N) is 1. The van der Waals surface area contributed by atoms with Crippen LogP contribution in [0, 0.1) is 5.92 Å². The molecule has 1 fully saturated rings. The van der Waals surface area contributed by atoms with Gasteiger partial charge in [0, 0.05) is 45.0 Å². The standard InChI is InChI=1S/C19H24N4O2/c24-18-14-17(15-22(18)13-8-16-6-2-1-3-7-16)19(25)20-9-4-11-23-12-5-10-21-23/h1-3,5-7,10,12,17H,4,8-9,11,13-15H2,(H,20,25). The molecule has 0 bridgehead atoms. The van der Waals surface area contributed by atoms with Gasteiger partial charge in [-0.25, -0.2) is 0 Å². The smallest absolute Gasteiger partial charge is 0.225 e. The first kappa shape index (κ1) is 17.2. The van der Waals surface area contributed by atoms with Gasteiger partial charge in [0.15, 0.2) is 0 Å². The first-order chi connectivity index (χ1) is 12.2. The minimum Gasteiger partial charge on any atom is -0.356 e. The minimum atomic E-state index is -0.229. The van der Waals surface area contributed by atoms with Crippen molar-refractivity contribution in [1.29, 1.82) is 0 Å². The lowest BCUT2D eigenvalue weighted by Crippen LogP contribution is -2.34. The molecule has 3 rings (SSSR count). The molecule has 0 spiro atoms. The number of aryl methyl sites for hydroxylation is 1. The van der Waals surface area contributed by atoms with E-state index in [2.05, 4.69) is 22.5 Å². The average molecular weight is 340 g/mol. The van der Waals surface area contributed by atoms with E-state index in [4.69, 9.17) is 0 Å². The van der Waals surface area contributed by atoms with Crippen molar-refractivity contribution in [3.63, 3.8) is 0 Å². The van der Waals surface area contributed by atoms with Crippen LogP contribution in [-0.4, -0.2) is 46.1 Å². The number of benzene rings is 1. The molecule has 0 saturated carbocycles. The molecule has 1 saturated heterocycles. The first-order valence-corrected chi connectivity index (χ1v) is 8.79. The van der Waals surface area contributed by atoms with Crippen molar-refractivity contribution >= 4 is 11.8 Å². The van der Waals surface area contributed by atoms with Crippen LogP contribution in [0.3, 0.4) is 0 Å². The third-order valence-electron chi connectivity index (χ3n) is 4.52. The van der Waals surface area contributed by atoms with Crippen molar-refractivity contribution in [2.24, 2.45) is 5.92 Å². The molecule has 2 amide bonds. The Kier molecular flexibility index (Phi) is 5.82. The second-order valence-electron chi connectivity index (χ2n) is 6.39. The van der Waals surface area contributed by atoms with Crippen LogP contribution in [0.4, 0.5) is 0 Å². The molecule has 1 aliphatic heterocycles. The summed E-state index contributed by atoms with van der Waals surface area (Å²) in [6.07, 6.45) is 5.62. The van der Waals surface area contributed by atoms with Crippen LogP contribution in [0.2, 0.25) is 0 Å². The molecule has 6 heteroatoms. The van der Waals surface area contributed by atoms with Crippen LogP contribution in [0.1, 0.15) is 18.4 Å². The fourth-order valence-corrected chi connectivity index (χ4v) is 3.10. The minimum absolute atomic E-state index is 0.0176. The summed E-state index contributed by atoms with van der Waals surface area (Å²) in [5.41, 5.74) is 1.21. The van der Waals surface area contributed by atoms with Crippen LogP contribution >= 0.6 is 0 Å². The number of carbonyl (C=O) groups is 2. The van der Waals surface area contributed by atoms with Crippen LogP contribution in [0.15, 0.2) is 48.8 Å². The topological polar surface area (TPSA) is 67.2 Å². The van der Waals surface area contributed by atoms with Crippen molar-refractivity contribution in [2.75, 3.05) is 19.6 Å². The quantitative estimate of drug-likeness (QED) is 0.740. The van der Waals surface area contributed by atoms with E-state index in [-0.39, 0.29) is 17.7 Å². The normalized spacial score (nSPS) is 17.0. The van der Waals surface area contributed by atoms with E-state index in [0.29, 0.717) is 26.1 Å². The number of carbonyl (C=O) groups excluding carboxylic acids is 2. The van der Waals surface area contributed by atoms with Gasteiger partial charge in [-0.2, -0.15) is 5.10 Å². The van der Waals surface area contributed by atoms with Gasteiger partial charge in [0.05, 0.1) is 5.92 Å². The van der Waals surface area contributed by atoms with Crippen LogP contribution in [0.25, 0.3) is 0 Å². The second kappa shape index (κ2) is 8.46. The maximum Gasteiger partial charge on any atom is 0.225 e. The Morgan fingerprint density at radius 3 is 2.80 bits per heavy atom. The molecule has 1 aromatic heterocycles. The summed E-state index contributed by atoms with van der Waals surface area (Å²) < 4.78 is 1.84. The zero-order valence-corrected chi connectivity index (χ0v) is 14.3. The summed E-state index contributed by atoms with van der Waals surface area (Å²) in [5.74, 6) is -0.170. The first-order valence-electron chi connectivity index (χ1n) is 8.79. The number of rotatable bonds is 8. The second-order valence-corrected chi connectivity index (χ2v) is 6.39. The van der Waals surface area contributed by atoms with Crippen LogP contribution in [-0.2, 0) is 22.6 Å². The average Bonchev–Trinajstić information content (AvgIpc) is 3.27. The van der Waals surface area contributed by atoms with Gasteiger partial charge in [0.2, 0.25) is 11.8 Å². The number of amides is 2. The fraction of sp³-hybridized carbons (Fsp3) is 0.421. The highest BCUT2D eigenvalue weighted by atomic mass is 16.2. The van der Waals surface area contributed by atoms with Gasteiger partial charge in [-0.05, 0) is 24.5 Å². The Morgan fingerprint density at radius 2 is 2.04 bits per heavy atom. The van der Waals surface area contributed by atoms with Crippen molar-refractivity contribution in [3.05, 3.63) is 54.4 Å². The predicted molar refractivity (Wildman–Crippen MR) is 94.7 cm³/mol. The van der Waals surface area contributed by atoms with Gasteiger partial charge >= 0.3 is 0 Å². The molecule has 1 aliphatic rings. The Bertz CT molecular complexity index is 685. The highest BCUT2D eigenvalue weighted by Crippen LogP contribution is 2.18. The zero-order valence-electron chi connectivity index (χ0n) is 14.3. The van der Waals surface area contributed by atoms with E-state index >= 15 is 0 Å². The largest absolute Gasteiger partial charge is 0.356 e. The number of nitrogens with zero attached hydrogens (tertiary/aromatic N) is 3. The summed E-state index contributed by atoms with van der Waals surface area (Å²) in [6.45, 7) is 2.58. The molecular formula is C19H24N4O2. The zero-order chi connectivity index (χ0) is 17.5. The monoisotopic (exact) mass is 340 g/mol. The van der Waals surface area contributed by atoms with E-state index in [1.807, 2.05) is 35.1 Å². The van der Waals surface area contributed by atoms with Gasteiger partial charge in [0.25, 0.3) is 0 Å². The lowest BCUT2D eigenvalue weighted by atomic mass is 10.1. The lowest BCUT2D eigenvalue weighted by Gasteiger charge is -2.16. The number of likely N-dealkylation sites (tertiary alicyclic amines) is 1. The Labute approximate surface area is 147 Å². The fourth-order valence-electron chi connectivity index (χ4n) is 3.10. The van der Waals surface area contributed by atoms with E-state index < -0.39 is 0 Å². The molecule has 2 aromatic rings. The number of hydrogen-bond donors (Lipinski definition) is 1. The van der Waals surface area contributed by atoms with Crippen molar-refractivity contribution in [1.82, 2.24) is 20.0 Å². The third-order valence-corrected chi connectivity index (χ3v) is 4.52. The maximum absolute atomic E-state index is 12.3. The molecule has 2 heterocycles. The molecule has 1 unspecified atom stereocenters. The molecule has 132 valence electrons. The van der Waals surface area contributed by atoms with Crippen molar-refractivity contribution in [3.8, 4) is 0 Å². The van der Waals surface area contributed by atoms with Crippen molar-refractivity contribution < 1.29 is 9.59 Å². The van der Waals surface area contributed by atoms with Crippen molar-refractivity contribution in [2.45, 2.75) is 25.8 Å². The summed E-state index contributed by atoms with van der Waals surface area (Å²) in [6, 6.07) is 12.0. The molecule has 1 N–H and O–H groups in total. The summed E-state index contributed by atoms with van der Waals surface area (Å²) >= 11 is 0. The van der Waals surface area contributed by atoms with E-state index in [9.17, 15) is 9.59 Å². The number of aromatic nitrogens is 2. The molecule has 0 radical (unpaired) electrons. The van der Waals surface area contributed by atoms with Gasteiger partial charge in [-0.1, -0.05) is 30.3 Å². The van der Waals surface area contributed by atoms with Crippen LogP contribution < -0.4 is 5.32 Å². The maximum atomic E-state index is 12.3.